The molecular formula is C21H32IN5OS. The van der Waals surface area contributed by atoms with Crippen molar-refractivity contribution in [3.8, 4) is 5.69 Å². The van der Waals surface area contributed by atoms with Gasteiger partial charge in [0.1, 0.15) is 0 Å². The second kappa shape index (κ2) is 11.2. The van der Waals surface area contributed by atoms with Crippen LogP contribution in [0.2, 0.25) is 0 Å². The molecular weight excluding hydrogens is 497 g/mol. The molecule has 160 valence electrons. The summed E-state index contributed by atoms with van der Waals surface area (Å²) in [5.41, 5.74) is 4.44. The Morgan fingerprint density at radius 1 is 1.24 bits per heavy atom. The van der Waals surface area contributed by atoms with Crippen LogP contribution >= 0.6 is 35.7 Å². The standard InChI is InChI=1S/C21H31N5OS.HI/c1-16-13-17(2)26(25-16)19-8-6-5-7-18(19)14-23-20(22-3)24-15-21(28-4)9-11-27-12-10-21;/h5-8,13H,9-12,14-15H2,1-4H3,(H2,22,23,24);1H. The summed E-state index contributed by atoms with van der Waals surface area (Å²) in [5, 5.41) is 11.6. The lowest BCUT2D eigenvalue weighted by Crippen LogP contribution is -2.47. The van der Waals surface area contributed by atoms with Crippen LogP contribution < -0.4 is 10.6 Å². The predicted molar refractivity (Wildman–Crippen MR) is 133 cm³/mol. The van der Waals surface area contributed by atoms with Crippen molar-refractivity contribution in [3.05, 3.63) is 47.3 Å². The molecule has 0 bridgehead atoms. The van der Waals surface area contributed by atoms with Crippen molar-refractivity contribution in [1.82, 2.24) is 20.4 Å². The third kappa shape index (κ3) is 6.11. The molecule has 2 aromatic rings. The monoisotopic (exact) mass is 529 g/mol. The first-order valence-electron chi connectivity index (χ1n) is 9.76. The largest absolute Gasteiger partial charge is 0.381 e. The van der Waals surface area contributed by atoms with E-state index in [0.717, 1.165) is 55.6 Å². The first-order chi connectivity index (χ1) is 13.6. The van der Waals surface area contributed by atoms with Gasteiger partial charge in [0.2, 0.25) is 0 Å². The van der Waals surface area contributed by atoms with Gasteiger partial charge in [-0.25, -0.2) is 4.68 Å². The minimum Gasteiger partial charge on any atom is -0.381 e. The zero-order valence-electron chi connectivity index (χ0n) is 17.7. The molecule has 0 radical (unpaired) electrons. The zero-order chi connectivity index (χ0) is 20.0. The molecule has 3 rings (SSSR count). The Kier molecular flexibility index (Phi) is 9.29. The number of thioether (sulfide) groups is 1. The van der Waals surface area contributed by atoms with Crippen LogP contribution in [0.5, 0.6) is 0 Å². The first-order valence-corrected chi connectivity index (χ1v) is 11.0. The molecule has 0 aliphatic carbocycles. The van der Waals surface area contributed by atoms with E-state index in [1.165, 1.54) is 5.56 Å². The number of hydrogen-bond acceptors (Lipinski definition) is 4. The summed E-state index contributed by atoms with van der Waals surface area (Å²) < 4.78 is 7.76. The Morgan fingerprint density at radius 2 is 1.97 bits per heavy atom. The maximum Gasteiger partial charge on any atom is 0.191 e. The molecule has 0 spiro atoms. The topological polar surface area (TPSA) is 63.5 Å². The number of nitrogens with zero attached hydrogens (tertiary/aromatic N) is 3. The molecule has 1 aliphatic rings. The number of hydrogen-bond donors (Lipinski definition) is 2. The van der Waals surface area contributed by atoms with Gasteiger partial charge in [0.15, 0.2) is 5.96 Å². The van der Waals surface area contributed by atoms with E-state index >= 15 is 0 Å². The summed E-state index contributed by atoms with van der Waals surface area (Å²) in [7, 11) is 1.82. The molecule has 1 aliphatic heterocycles. The van der Waals surface area contributed by atoms with Crippen molar-refractivity contribution in [3.63, 3.8) is 0 Å². The molecule has 2 N–H and O–H groups in total. The molecule has 0 amide bonds. The summed E-state index contributed by atoms with van der Waals surface area (Å²) in [4.78, 5) is 4.41. The lowest BCUT2D eigenvalue weighted by molar-refractivity contribution is 0.0783. The summed E-state index contributed by atoms with van der Waals surface area (Å²) in [6.07, 6.45) is 4.33. The van der Waals surface area contributed by atoms with Crippen molar-refractivity contribution in [2.45, 2.75) is 38.0 Å². The molecule has 29 heavy (non-hydrogen) atoms. The maximum atomic E-state index is 5.54. The molecule has 8 heteroatoms. The van der Waals surface area contributed by atoms with Crippen molar-refractivity contribution in [1.29, 1.82) is 0 Å². The molecule has 6 nitrogen and oxygen atoms in total. The van der Waals surface area contributed by atoms with Crippen LogP contribution in [0.4, 0.5) is 0 Å². The Balaban J connectivity index is 0.00000300. The van der Waals surface area contributed by atoms with Gasteiger partial charge in [-0.1, -0.05) is 18.2 Å². The second-order valence-electron chi connectivity index (χ2n) is 7.25. The number of ether oxygens (including phenoxy) is 1. The fourth-order valence-electron chi connectivity index (χ4n) is 3.58. The van der Waals surface area contributed by atoms with E-state index in [1.54, 1.807) is 0 Å². The summed E-state index contributed by atoms with van der Waals surface area (Å²) >= 11 is 1.93. The minimum atomic E-state index is 0. The highest BCUT2D eigenvalue weighted by atomic mass is 127. The summed E-state index contributed by atoms with van der Waals surface area (Å²) in [6.45, 7) is 7.35. The highest BCUT2D eigenvalue weighted by Crippen LogP contribution is 2.32. The van der Waals surface area contributed by atoms with E-state index in [0.29, 0.717) is 6.54 Å². The molecule has 0 saturated carbocycles. The number of aliphatic imine (C=N–C) groups is 1. The lowest BCUT2D eigenvalue weighted by atomic mass is 9.99. The number of benzene rings is 1. The molecule has 0 atom stereocenters. The van der Waals surface area contributed by atoms with Crippen molar-refractivity contribution < 1.29 is 4.74 Å². The Morgan fingerprint density at radius 3 is 2.59 bits per heavy atom. The van der Waals surface area contributed by atoms with Crippen molar-refractivity contribution in [2.24, 2.45) is 4.99 Å². The van der Waals surface area contributed by atoms with E-state index in [1.807, 2.05) is 30.4 Å². The van der Waals surface area contributed by atoms with E-state index in [9.17, 15) is 0 Å². The van der Waals surface area contributed by atoms with Crippen molar-refractivity contribution >= 4 is 41.7 Å². The van der Waals surface area contributed by atoms with Crippen molar-refractivity contribution in [2.75, 3.05) is 33.1 Å². The van der Waals surface area contributed by atoms with Crippen LogP contribution in [0.15, 0.2) is 35.3 Å². The van der Waals surface area contributed by atoms with E-state index in [4.69, 9.17) is 4.74 Å². The average Bonchev–Trinajstić information content (AvgIpc) is 3.07. The maximum absolute atomic E-state index is 5.54. The number of aryl methyl sites for hydroxylation is 2. The number of para-hydroxylation sites is 1. The quantitative estimate of drug-likeness (QED) is 0.340. The zero-order valence-corrected chi connectivity index (χ0v) is 20.8. The SMILES string of the molecule is CN=C(NCc1ccccc1-n1nc(C)cc1C)NCC1(SC)CCOCC1.I. The van der Waals surface area contributed by atoms with Gasteiger partial charge < -0.3 is 15.4 Å². The molecule has 1 aromatic carbocycles. The van der Waals surface area contributed by atoms with Gasteiger partial charge in [-0.05, 0) is 50.6 Å². The highest BCUT2D eigenvalue weighted by molar-refractivity contribution is 14.0. The van der Waals surface area contributed by atoms with E-state index < -0.39 is 0 Å². The second-order valence-corrected chi connectivity index (χ2v) is 8.52. The van der Waals surface area contributed by atoms with E-state index in [2.05, 4.69) is 64.2 Å². The third-order valence-corrected chi connectivity index (χ3v) is 6.73. The van der Waals surface area contributed by atoms with Gasteiger partial charge in [-0.3, -0.25) is 4.99 Å². The fourth-order valence-corrected chi connectivity index (χ4v) is 4.37. The van der Waals surface area contributed by atoms with Gasteiger partial charge in [0, 0.05) is 43.8 Å². The van der Waals surface area contributed by atoms with Crippen LogP contribution in [0, 0.1) is 13.8 Å². The molecule has 1 saturated heterocycles. The van der Waals surface area contributed by atoms with Gasteiger partial charge in [-0.15, -0.1) is 24.0 Å². The smallest absolute Gasteiger partial charge is 0.191 e. The number of rotatable bonds is 6. The third-order valence-electron chi connectivity index (χ3n) is 5.31. The van der Waals surface area contributed by atoms with Crippen LogP contribution in [0.1, 0.15) is 29.8 Å². The lowest BCUT2D eigenvalue weighted by Gasteiger charge is -2.36. The number of nitrogens with one attached hydrogen (secondary N) is 2. The summed E-state index contributed by atoms with van der Waals surface area (Å²) in [6, 6.07) is 10.5. The minimum absolute atomic E-state index is 0. The Hall–Kier alpha value is -1.26. The molecule has 0 unspecified atom stereocenters. The molecule has 1 fully saturated rings. The highest BCUT2D eigenvalue weighted by Gasteiger charge is 2.31. The van der Waals surface area contributed by atoms with Crippen LogP contribution in [-0.4, -0.2) is 53.5 Å². The molecule has 2 heterocycles. The van der Waals surface area contributed by atoms with Crippen LogP contribution in [0.3, 0.4) is 0 Å². The first kappa shape index (κ1) is 24.0. The fraction of sp³-hybridized carbons (Fsp3) is 0.524. The van der Waals surface area contributed by atoms with Gasteiger partial charge >= 0.3 is 0 Å². The Labute approximate surface area is 195 Å². The predicted octanol–water partition coefficient (Wildman–Crippen LogP) is 3.68. The number of halogens is 1. The van der Waals surface area contributed by atoms with Crippen LogP contribution in [-0.2, 0) is 11.3 Å². The van der Waals surface area contributed by atoms with Gasteiger partial charge in [-0.2, -0.15) is 16.9 Å². The van der Waals surface area contributed by atoms with Gasteiger partial charge in [0.25, 0.3) is 0 Å². The van der Waals surface area contributed by atoms with Crippen LogP contribution in [0.25, 0.3) is 5.69 Å². The van der Waals surface area contributed by atoms with E-state index in [-0.39, 0.29) is 28.7 Å². The summed E-state index contributed by atoms with van der Waals surface area (Å²) in [5.74, 6) is 0.822. The Bertz CT molecular complexity index is 817. The number of aromatic nitrogens is 2. The van der Waals surface area contributed by atoms with Gasteiger partial charge in [0.05, 0.1) is 11.4 Å². The normalized spacial score (nSPS) is 16.2. The average molecular weight is 529 g/mol. The number of guanidine groups is 1. The molecule has 1 aromatic heterocycles.